The molecule has 3 rings (SSSR count). The molecule has 0 bridgehead atoms. The first-order chi connectivity index (χ1) is 11.6. The van der Waals surface area contributed by atoms with Crippen molar-refractivity contribution >= 4 is 27.7 Å². The molecule has 24 heavy (non-hydrogen) atoms. The number of rotatable bonds is 4. The molecule has 0 aliphatic carbocycles. The Balaban J connectivity index is 1.79. The van der Waals surface area contributed by atoms with Crippen LogP contribution in [0.1, 0.15) is 32.3 Å². The van der Waals surface area contributed by atoms with Crippen LogP contribution < -0.4 is 10.6 Å². The molecule has 0 saturated carbocycles. The van der Waals surface area contributed by atoms with Gasteiger partial charge in [0.15, 0.2) is 5.82 Å². The zero-order valence-corrected chi connectivity index (χ0v) is 15.6. The number of piperidine rings is 1. The third-order valence-corrected chi connectivity index (χ3v) is 5.12. The molecular formula is C18H23BrN4O. The van der Waals surface area contributed by atoms with Crippen LogP contribution in [0.2, 0.25) is 0 Å². The van der Waals surface area contributed by atoms with E-state index in [1.54, 1.807) is 0 Å². The van der Waals surface area contributed by atoms with E-state index in [-0.39, 0.29) is 11.8 Å². The average Bonchev–Trinajstić information content (AvgIpc) is 2.98. The Morgan fingerprint density at radius 1 is 1.38 bits per heavy atom. The van der Waals surface area contributed by atoms with Gasteiger partial charge in [-0.3, -0.25) is 9.89 Å². The van der Waals surface area contributed by atoms with Gasteiger partial charge in [0.25, 0.3) is 0 Å². The van der Waals surface area contributed by atoms with Gasteiger partial charge < -0.3 is 10.6 Å². The van der Waals surface area contributed by atoms with Crippen molar-refractivity contribution in [1.82, 2.24) is 15.5 Å². The largest absolute Gasteiger partial charge is 0.314 e. The van der Waals surface area contributed by atoms with Crippen molar-refractivity contribution in [2.75, 3.05) is 11.9 Å². The van der Waals surface area contributed by atoms with Crippen molar-refractivity contribution in [1.29, 1.82) is 0 Å². The summed E-state index contributed by atoms with van der Waals surface area (Å²) in [4.78, 5) is 12.6. The smallest absolute Gasteiger partial charge is 0.228 e. The third-order valence-electron chi connectivity index (χ3n) is 4.59. The normalized spacial score (nSPS) is 20.8. The molecule has 2 heterocycles. The molecule has 0 unspecified atom stereocenters. The van der Waals surface area contributed by atoms with E-state index in [4.69, 9.17) is 0 Å². The fraction of sp³-hybridized carbons (Fsp3) is 0.444. The summed E-state index contributed by atoms with van der Waals surface area (Å²) in [7, 11) is 0. The van der Waals surface area contributed by atoms with Crippen LogP contribution in [-0.4, -0.2) is 28.7 Å². The monoisotopic (exact) mass is 390 g/mol. The molecule has 1 amide bonds. The second kappa shape index (κ2) is 7.49. The number of nitrogens with zero attached hydrogens (tertiary/aromatic N) is 1. The predicted molar refractivity (Wildman–Crippen MR) is 99.9 cm³/mol. The van der Waals surface area contributed by atoms with E-state index < -0.39 is 0 Å². The number of carbonyl (C=O) groups excluding carboxylic acids is 1. The lowest BCUT2D eigenvalue weighted by Gasteiger charge is -2.26. The summed E-state index contributed by atoms with van der Waals surface area (Å²) in [6.45, 7) is 5.09. The maximum Gasteiger partial charge on any atom is 0.228 e. The van der Waals surface area contributed by atoms with Crippen molar-refractivity contribution in [2.24, 2.45) is 5.92 Å². The number of halogens is 1. The minimum absolute atomic E-state index is 0.0544. The Morgan fingerprint density at radius 2 is 2.12 bits per heavy atom. The molecule has 3 N–H and O–H groups in total. The Hall–Kier alpha value is -1.66. The summed E-state index contributed by atoms with van der Waals surface area (Å²) in [6.07, 6.45) is 2.55. The first-order valence-corrected chi connectivity index (χ1v) is 9.25. The number of hydrogen-bond donors (Lipinski definition) is 3. The van der Waals surface area contributed by atoms with Gasteiger partial charge in [0, 0.05) is 22.0 Å². The Morgan fingerprint density at radius 3 is 2.79 bits per heavy atom. The van der Waals surface area contributed by atoms with Crippen molar-refractivity contribution in [2.45, 2.75) is 39.2 Å². The van der Waals surface area contributed by atoms with Gasteiger partial charge in [-0.25, -0.2) is 0 Å². The number of hydrogen-bond acceptors (Lipinski definition) is 3. The lowest BCUT2D eigenvalue weighted by molar-refractivity contribution is -0.120. The standard InChI is InChI=1S/C18H23BrN4O/c1-3-15-16(12-4-6-14(19)7-5-12)22-23-17(15)21-18(24)13-8-9-20-11(2)10-13/h4-7,11,13,20H,3,8-10H2,1-2H3,(H2,21,22,23,24)/t11-,13-/m0/s1. The quantitative estimate of drug-likeness (QED) is 0.744. The summed E-state index contributed by atoms with van der Waals surface area (Å²) in [5.74, 6) is 0.789. The second-order valence-corrected chi connectivity index (χ2v) is 7.27. The van der Waals surface area contributed by atoms with Gasteiger partial charge in [-0.15, -0.1) is 0 Å². The zero-order chi connectivity index (χ0) is 17.1. The number of anilines is 1. The lowest BCUT2D eigenvalue weighted by atomic mass is 9.92. The number of carbonyl (C=O) groups is 1. The molecule has 2 aromatic rings. The highest BCUT2D eigenvalue weighted by molar-refractivity contribution is 9.10. The molecule has 0 radical (unpaired) electrons. The van der Waals surface area contributed by atoms with Crippen molar-refractivity contribution in [3.63, 3.8) is 0 Å². The van der Waals surface area contributed by atoms with Gasteiger partial charge in [-0.05, 0) is 50.4 Å². The van der Waals surface area contributed by atoms with Crippen molar-refractivity contribution in [3.05, 3.63) is 34.3 Å². The maximum absolute atomic E-state index is 12.6. The van der Waals surface area contributed by atoms with Crippen LogP contribution in [-0.2, 0) is 11.2 Å². The van der Waals surface area contributed by atoms with Crippen molar-refractivity contribution < 1.29 is 4.79 Å². The topological polar surface area (TPSA) is 69.8 Å². The number of benzene rings is 1. The van der Waals surface area contributed by atoms with E-state index in [1.165, 1.54) is 0 Å². The molecule has 1 saturated heterocycles. The fourth-order valence-corrected chi connectivity index (χ4v) is 3.52. The number of aromatic amines is 1. The summed E-state index contributed by atoms with van der Waals surface area (Å²) in [6, 6.07) is 8.47. The fourth-order valence-electron chi connectivity index (χ4n) is 3.26. The van der Waals surface area contributed by atoms with E-state index in [9.17, 15) is 4.79 Å². The highest BCUT2D eigenvalue weighted by atomic mass is 79.9. The molecule has 1 fully saturated rings. The molecule has 6 heteroatoms. The summed E-state index contributed by atoms with van der Waals surface area (Å²) >= 11 is 3.45. The van der Waals surface area contributed by atoms with Gasteiger partial charge in [0.1, 0.15) is 0 Å². The first-order valence-electron chi connectivity index (χ1n) is 8.46. The molecule has 2 atom stereocenters. The van der Waals surface area contributed by atoms with Gasteiger partial charge >= 0.3 is 0 Å². The minimum atomic E-state index is 0.0544. The summed E-state index contributed by atoms with van der Waals surface area (Å²) in [5.41, 5.74) is 3.09. The molecule has 1 aliphatic heterocycles. The van der Waals surface area contributed by atoms with E-state index in [1.807, 2.05) is 24.3 Å². The first kappa shape index (κ1) is 17.2. The predicted octanol–water partition coefficient (Wildman–Crippen LogP) is 3.73. The van der Waals surface area contributed by atoms with Crippen molar-refractivity contribution in [3.8, 4) is 11.3 Å². The molecule has 1 aliphatic rings. The van der Waals surface area contributed by atoms with E-state index >= 15 is 0 Å². The van der Waals surface area contributed by atoms with E-state index in [2.05, 4.69) is 50.6 Å². The average molecular weight is 391 g/mol. The maximum atomic E-state index is 12.6. The van der Waals surface area contributed by atoms with Gasteiger partial charge in [-0.1, -0.05) is 35.0 Å². The number of nitrogens with one attached hydrogen (secondary N) is 3. The van der Waals surface area contributed by atoms with Crippen LogP contribution in [0.3, 0.4) is 0 Å². The molecule has 0 spiro atoms. The van der Waals surface area contributed by atoms with Crippen LogP contribution in [0.5, 0.6) is 0 Å². The molecule has 1 aromatic heterocycles. The number of H-pyrrole nitrogens is 1. The third kappa shape index (κ3) is 3.70. The van der Waals surface area contributed by atoms with E-state index in [0.717, 1.165) is 47.1 Å². The second-order valence-electron chi connectivity index (χ2n) is 6.35. The Bertz CT molecular complexity index is 710. The molecule has 1 aromatic carbocycles. The summed E-state index contributed by atoms with van der Waals surface area (Å²) < 4.78 is 1.04. The van der Waals surface area contributed by atoms with E-state index in [0.29, 0.717) is 11.9 Å². The number of aromatic nitrogens is 2. The SMILES string of the molecule is CCc1c(NC(=O)[C@H]2CCN[C@@H](C)C2)n[nH]c1-c1ccc(Br)cc1. The Labute approximate surface area is 150 Å². The minimum Gasteiger partial charge on any atom is -0.314 e. The van der Waals surface area contributed by atoms with Crippen LogP contribution >= 0.6 is 15.9 Å². The lowest BCUT2D eigenvalue weighted by Crippen LogP contribution is -2.40. The highest BCUT2D eigenvalue weighted by Crippen LogP contribution is 2.29. The van der Waals surface area contributed by atoms with Gasteiger partial charge in [0.05, 0.1) is 5.69 Å². The molecule has 128 valence electrons. The van der Waals surface area contributed by atoms with Crippen LogP contribution in [0.4, 0.5) is 5.82 Å². The van der Waals surface area contributed by atoms with Crippen LogP contribution in [0.25, 0.3) is 11.3 Å². The molecule has 5 nitrogen and oxygen atoms in total. The van der Waals surface area contributed by atoms with Crippen LogP contribution in [0, 0.1) is 5.92 Å². The van der Waals surface area contributed by atoms with Crippen LogP contribution in [0.15, 0.2) is 28.7 Å². The number of amides is 1. The zero-order valence-electron chi connectivity index (χ0n) is 14.0. The summed E-state index contributed by atoms with van der Waals surface area (Å²) in [5, 5.41) is 13.9. The highest BCUT2D eigenvalue weighted by Gasteiger charge is 2.26. The molecular weight excluding hydrogens is 368 g/mol. The van der Waals surface area contributed by atoms with Gasteiger partial charge in [0.2, 0.25) is 5.91 Å². The Kier molecular flexibility index (Phi) is 5.36. The van der Waals surface area contributed by atoms with Gasteiger partial charge in [-0.2, -0.15) is 5.10 Å².